The monoisotopic (exact) mass is 734 g/mol. The molecule has 52 heavy (non-hydrogen) atoms. The van der Waals surface area contributed by atoms with Gasteiger partial charge in [-0.1, -0.05) is 121 Å². The third-order valence-corrected chi connectivity index (χ3v) is 10.4. The molecular weight excluding hydrogens is 697 g/mol. The SMILES string of the molecule is CSC(=Nc1c([C@H]2O[C@H](COC(c3ccccc3)(c3ccccc3)c3ccccc3)[C@H]3OC(C)(C)O[C@H]32)nsc1C(N)=O)NC(=O)c1ccccc1. The Bertz CT molecular complexity index is 1950. The Morgan fingerprint density at radius 1 is 0.865 bits per heavy atom. The van der Waals surface area contributed by atoms with Crippen molar-refractivity contribution in [2.24, 2.45) is 10.7 Å². The van der Waals surface area contributed by atoms with Crippen molar-refractivity contribution in [3.05, 3.63) is 154 Å². The third kappa shape index (κ3) is 7.05. The summed E-state index contributed by atoms with van der Waals surface area (Å²) in [4.78, 5) is 30.6. The maximum absolute atomic E-state index is 13.0. The molecule has 3 N–H and O–H groups in total. The lowest BCUT2D eigenvalue weighted by Gasteiger charge is -2.37. The summed E-state index contributed by atoms with van der Waals surface area (Å²) in [5.41, 5.74) is 8.72. The molecule has 2 aliphatic heterocycles. The molecule has 266 valence electrons. The molecule has 0 saturated carbocycles. The van der Waals surface area contributed by atoms with Crippen LogP contribution >= 0.6 is 23.3 Å². The first-order chi connectivity index (χ1) is 25.2. The van der Waals surface area contributed by atoms with E-state index in [-0.39, 0.29) is 28.2 Å². The van der Waals surface area contributed by atoms with Crippen molar-refractivity contribution in [3.8, 4) is 0 Å². The minimum absolute atomic E-state index is 0.115. The minimum atomic E-state index is -0.991. The van der Waals surface area contributed by atoms with Crippen LogP contribution in [-0.4, -0.2) is 58.3 Å². The Morgan fingerprint density at radius 3 is 1.90 bits per heavy atom. The Balaban J connectivity index is 1.25. The molecule has 12 heteroatoms. The van der Waals surface area contributed by atoms with Crippen LogP contribution in [0.3, 0.4) is 0 Å². The second-order valence-electron chi connectivity index (χ2n) is 12.8. The van der Waals surface area contributed by atoms with Gasteiger partial charge in [-0.05, 0) is 60.5 Å². The average molecular weight is 735 g/mol. The van der Waals surface area contributed by atoms with E-state index in [1.807, 2.05) is 74.5 Å². The summed E-state index contributed by atoms with van der Waals surface area (Å²) >= 11 is 2.14. The number of amides is 2. The number of primary amides is 1. The van der Waals surface area contributed by atoms with Crippen molar-refractivity contribution >= 4 is 46.0 Å². The zero-order valence-electron chi connectivity index (χ0n) is 28.8. The van der Waals surface area contributed by atoms with Crippen LogP contribution in [0, 0.1) is 0 Å². The van der Waals surface area contributed by atoms with Crippen molar-refractivity contribution in [3.63, 3.8) is 0 Å². The molecule has 0 aliphatic carbocycles. The predicted molar refractivity (Wildman–Crippen MR) is 202 cm³/mol. The van der Waals surface area contributed by atoms with Gasteiger partial charge in [-0.2, -0.15) is 4.37 Å². The Hall–Kier alpha value is -4.69. The van der Waals surface area contributed by atoms with Crippen LogP contribution in [0.15, 0.2) is 126 Å². The minimum Gasteiger partial charge on any atom is -0.365 e. The number of nitrogens with zero attached hydrogens (tertiary/aromatic N) is 2. The van der Waals surface area contributed by atoms with E-state index < -0.39 is 41.7 Å². The quantitative estimate of drug-likeness (QED) is 0.0891. The smallest absolute Gasteiger partial charge is 0.262 e. The molecule has 0 unspecified atom stereocenters. The van der Waals surface area contributed by atoms with Gasteiger partial charge in [0.1, 0.15) is 46.3 Å². The summed E-state index contributed by atoms with van der Waals surface area (Å²) in [6, 6.07) is 39.1. The average Bonchev–Trinajstić information content (AvgIpc) is 3.83. The third-order valence-electron chi connectivity index (χ3n) is 9.00. The maximum atomic E-state index is 13.0. The predicted octanol–water partition coefficient (Wildman–Crippen LogP) is 6.99. The van der Waals surface area contributed by atoms with Crippen LogP contribution in [0.4, 0.5) is 5.69 Å². The van der Waals surface area contributed by atoms with Crippen LogP contribution in [0.25, 0.3) is 0 Å². The first-order valence-corrected chi connectivity index (χ1v) is 18.8. The highest BCUT2D eigenvalue weighted by atomic mass is 32.2. The van der Waals surface area contributed by atoms with Gasteiger partial charge in [0.05, 0.1) is 6.61 Å². The molecule has 1 aromatic heterocycles. The number of carbonyl (C=O) groups is 2. The van der Waals surface area contributed by atoms with Gasteiger partial charge in [-0.3, -0.25) is 9.59 Å². The van der Waals surface area contributed by atoms with Crippen LogP contribution in [0.1, 0.15) is 62.4 Å². The summed E-state index contributed by atoms with van der Waals surface area (Å²) in [6.45, 7) is 3.81. The zero-order valence-corrected chi connectivity index (χ0v) is 30.4. The fourth-order valence-electron chi connectivity index (χ4n) is 6.75. The molecule has 2 saturated heterocycles. The number of amidine groups is 1. The molecule has 0 radical (unpaired) electrons. The van der Waals surface area contributed by atoms with Gasteiger partial charge in [-0.15, -0.1) is 0 Å². The van der Waals surface area contributed by atoms with E-state index in [4.69, 9.17) is 29.7 Å². The van der Waals surface area contributed by atoms with Crippen molar-refractivity contribution in [2.75, 3.05) is 12.9 Å². The van der Waals surface area contributed by atoms with Gasteiger partial charge in [-0.25, -0.2) is 4.99 Å². The number of thioether (sulfide) groups is 1. The number of nitrogens with two attached hydrogens (primary N) is 1. The number of benzene rings is 4. The lowest BCUT2D eigenvalue weighted by molar-refractivity contribution is -0.196. The normalized spacial score (nSPS) is 21.1. The molecule has 3 heterocycles. The van der Waals surface area contributed by atoms with Gasteiger partial charge in [0.25, 0.3) is 11.8 Å². The number of nitrogens with one attached hydrogen (secondary N) is 1. The van der Waals surface area contributed by atoms with Crippen LogP contribution in [-0.2, 0) is 24.5 Å². The molecule has 7 rings (SSSR count). The number of fused-ring (bicyclic) bond motifs is 1. The second kappa shape index (κ2) is 15.1. The number of hydrogen-bond acceptors (Lipinski definition) is 10. The number of carbonyl (C=O) groups excluding carboxylic acids is 2. The van der Waals surface area contributed by atoms with Gasteiger partial charge in [0.15, 0.2) is 11.0 Å². The van der Waals surface area contributed by atoms with Crippen molar-refractivity contribution < 1.29 is 28.5 Å². The van der Waals surface area contributed by atoms with Crippen molar-refractivity contribution in [1.29, 1.82) is 0 Å². The topological polar surface area (TPSA) is 134 Å². The molecule has 2 fully saturated rings. The Labute approximate surface area is 310 Å². The van der Waals surface area contributed by atoms with E-state index in [1.165, 1.54) is 11.8 Å². The number of rotatable bonds is 10. The first kappa shape index (κ1) is 35.7. The zero-order chi connectivity index (χ0) is 36.3. The molecule has 0 spiro atoms. The van der Waals surface area contributed by atoms with E-state index >= 15 is 0 Å². The summed E-state index contributed by atoms with van der Waals surface area (Å²) in [7, 11) is 0. The van der Waals surface area contributed by atoms with Gasteiger partial charge >= 0.3 is 0 Å². The summed E-state index contributed by atoms with van der Waals surface area (Å²) < 4.78 is 31.5. The Morgan fingerprint density at radius 2 is 1.38 bits per heavy atom. The van der Waals surface area contributed by atoms with Crippen LogP contribution < -0.4 is 11.1 Å². The number of aliphatic imine (C=N–C) groups is 1. The first-order valence-electron chi connectivity index (χ1n) is 16.8. The largest absolute Gasteiger partial charge is 0.365 e. The number of hydrogen-bond donors (Lipinski definition) is 2. The molecule has 2 aliphatic rings. The summed E-state index contributed by atoms with van der Waals surface area (Å²) in [5, 5.41) is 3.10. The van der Waals surface area contributed by atoms with Gasteiger partial charge in [0.2, 0.25) is 0 Å². The highest BCUT2D eigenvalue weighted by Gasteiger charge is 2.57. The molecule has 2 amide bonds. The molecule has 4 atom stereocenters. The van der Waals surface area contributed by atoms with Crippen molar-refractivity contribution in [2.45, 2.75) is 49.7 Å². The molecule has 4 aromatic carbocycles. The summed E-state index contributed by atoms with van der Waals surface area (Å²) in [5.74, 6) is -1.99. The highest BCUT2D eigenvalue weighted by Crippen LogP contribution is 2.49. The highest BCUT2D eigenvalue weighted by molar-refractivity contribution is 8.13. The van der Waals surface area contributed by atoms with E-state index in [0.29, 0.717) is 11.3 Å². The van der Waals surface area contributed by atoms with E-state index in [9.17, 15) is 9.59 Å². The Kier molecular flexibility index (Phi) is 10.4. The van der Waals surface area contributed by atoms with Crippen molar-refractivity contribution in [1.82, 2.24) is 9.69 Å². The van der Waals surface area contributed by atoms with E-state index in [2.05, 4.69) is 46.1 Å². The maximum Gasteiger partial charge on any atom is 0.262 e. The van der Waals surface area contributed by atoms with E-state index in [0.717, 1.165) is 28.2 Å². The lowest BCUT2D eigenvalue weighted by atomic mass is 9.80. The second-order valence-corrected chi connectivity index (χ2v) is 14.4. The van der Waals surface area contributed by atoms with Crippen LogP contribution in [0.5, 0.6) is 0 Å². The molecular formula is C40H38N4O6S2. The standard InChI is InChI=1S/C40H38N4O6S2/c1-39(2)49-32-29(24-47-40(26-18-10-5-11-19-26,27-20-12-6-13-21-27)28-22-14-7-15-23-28)48-33(34(32)50-39)30-31(35(36(41)45)52-44-30)42-38(51-3)43-37(46)25-16-8-4-9-17-25/h4-23,29,32-34H,24H2,1-3H3,(H2,41,45)(H,42,43,46)/t29-,32-,33-,34-/m1/s1. The molecule has 0 bridgehead atoms. The molecule has 5 aromatic rings. The summed E-state index contributed by atoms with van der Waals surface area (Å²) in [6.07, 6.45) is -0.792. The van der Waals surface area contributed by atoms with Crippen LogP contribution in [0.2, 0.25) is 0 Å². The fourth-order valence-corrected chi connectivity index (χ4v) is 7.83. The number of ether oxygens (including phenoxy) is 4. The van der Waals surface area contributed by atoms with Gasteiger partial charge in [0, 0.05) is 5.56 Å². The lowest BCUT2D eigenvalue weighted by Crippen LogP contribution is -2.39. The fraction of sp³-hybridized carbons (Fsp3) is 0.250. The van der Waals surface area contributed by atoms with Gasteiger partial charge < -0.3 is 30.0 Å². The molecule has 10 nitrogen and oxygen atoms in total. The number of aromatic nitrogens is 1. The van der Waals surface area contributed by atoms with E-state index in [1.54, 1.807) is 30.5 Å².